The second-order valence-electron chi connectivity index (χ2n) is 4.07. The molecule has 2 aromatic heterocycles. The van der Waals surface area contributed by atoms with Gasteiger partial charge in [0.25, 0.3) is 0 Å². The molecule has 0 aliphatic rings. The number of benzene rings is 1. The van der Waals surface area contributed by atoms with E-state index in [2.05, 4.69) is 5.32 Å². The van der Waals surface area contributed by atoms with Gasteiger partial charge in [0.15, 0.2) is 17.1 Å². The Kier molecular flexibility index (Phi) is 2.86. The highest BCUT2D eigenvalue weighted by Gasteiger charge is 2.11. The molecule has 0 fully saturated rings. The Morgan fingerprint density at radius 1 is 1.11 bits per heavy atom. The Balaban J connectivity index is 2.05. The molecule has 92 valence electrons. The Labute approximate surface area is 109 Å². The molecule has 0 amide bonds. The van der Waals surface area contributed by atoms with E-state index in [0.29, 0.717) is 28.7 Å². The molecule has 4 heteroatoms. The smallest absolute Gasteiger partial charge is 0.170 e. The lowest BCUT2D eigenvalue weighted by Gasteiger charge is -1.93. The third kappa shape index (κ3) is 1.92. The summed E-state index contributed by atoms with van der Waals surface area (Å²) in [6.07, 6.45) is 0. The van der Waals surface area contributed by atoms with E-state index in [4.69, 9.17) is 20.4 Å². The van der Waals surface area contributed by atoms with E-state index in [1.54, 1.807) is 0 Å². The largest absolute Gasteiger partial charge is 0.456 e. The van der Waals surface area contributed by atoms with Gasteiger partial charge in [0.1, 0.15) is 5.76 Å². The normalized spacial score (nSPS) is 11.2. The highest BCUT2D eigenvalue weighted by molar-refractivity contribution is 6.34. The first kappa shape index (κ1) is 11.4. The van der Waals surface area contributed by atoms with E-state index in [0.717, 1.165) is 11.1 Å². The summed E-state index contributed by atoms with van der Waals surface area (Å²) in [6, 6.07) is 11.4. The number of halogens is 1. The molecule has 0 aliphatic heterocycles. The predicted molar refractivity (Wildman–Crippen MR) is 71.7 cm³/mol. The number of hydrogen-bond acceptors (Lipinski definition) is 3. The van der Waals surface area contributed by atoms with E-state index in [1.165, 1.54) is 0 Å². The summed E-state index contributed by atoms with van der Waals surface area (Å²) in [6.45, 7) is 0.695. The minimum Gasteiger partial charge on any atom is -0.456 e. The first-order chi connectivity index (χ1) is 8.78. The zero-order chi connectivity index (χ0) is 12.5. The van der Waals surface area contributed by atoms with Crippen LogP contribution < -0.4 is 5.32 Å². The second-order valence-corrected chi connectivity index (χ2v) is 4.47. The molecule has 3 rings (SSSR count). The lowest BCUT2D eigenvalue weighted by Crippen LogP contribution is -2.03. The molecule has 3 nitrogen and oxygen atoms in total. The van der Waals surface area contributed by atoms with Crippen molar-refractivity contribution in [3.8, 4) is 11.5 Å². The minimum absolute atomic E-state index is 0.612. The first-order valence-electron chi connectivity index (χ1n) is 5.69. The molecule has 0 saturated carbocycles. The number of hydrogen-bond donors (Lipinski definition) is 1. The molecule has 0 aliphatic carbocycles. The number of furan rings is 2. The van der Waals surface area contributed by atoms with Crippen molar-refractivity contribution in [1.82, 2.24) is 5.32 Å². The fraction of sp³-hybridized carbons (Fsp3) is 0.143. The third-order valence-corrected chi connectivity index (χ3v) is 3.05. The lowest BCUT2D eigenvalue weighted by molar-refractivity contribution is 0.489. The van der Waals surface area contributed by atoms with Crippen LogP contribution in [-0.2, 0) is 6.54 Å². The van der Waals surface area contributed by atoms with Crippen molar-refractivity contribution < 1.29 is 8.83 Å². The molecule has 3 aromatic rings. The standard InChI is InChI=1S/C14H12ClNO2/c1-16-8-10-5-6-12(17-10)13-7-9-3-2-4-11(15)14(9)18-13/h2-7,16H,8H2,1H3. The zero-order valence-corrected chi connectivity index (χ0v) is 10.6. The summed E-state index contributed by atoms with van der Waals surface area (Å²) in [5.74, 6) is 2.28. The molecule has 1 N–H and O–H groups in total. The average Bonchev–Trinajstić information content (AvgIpc) is 2.96. The third-order valence-electron chi connectivity index (χ3n) is 2.75. The van der Waals surface area contributed by atoms with E-state index >= 15 is 0 Å². The molecule has 0 bridgehead atoms. The van der Waals surface area contributed by atoms with Gasteiger partial charge in [-0.05, 0) is 31.3 Å². The maximum absolute atomic E-state index is 6.08. The van der Waals surface area contributed by atoms with Gasteiger partial charge in [0.2, 0.25) is 0 Å². The van der Waals surface area contributed by atoms with Crippen LogP contribution in [0, 0.1) is 0 Å². The van der Waals surface area contributed by atoms with E-state index in [1.807, 2.05) is 43.4 Å². The van der Waals surface area contributed by atoms with Gasteiger partial charge < -0.3 is 14.2 Å². The topological polar surface area (TPSA) is 38.3 Å². The Hall–Kier alpha value is -1.71. The number of fused-ring (bicyclic) bond motifs is 1. The average molecular weight is 262 g/mol. The van der Waals surface area contributed by atoms with Crippen LogP contribution in [0.25, 0.3) is 22.5 Å². The van der Waals surface area contributed by atoms with E-state index in [-0.39, 0.29) is 0 Å². The predicted octanol–water partition coefficient (Wildman–Crippen LogP) is 4.07. The first-order valence-corrected chi connectivity index (χ1v) is 6.07. The summed E-state index contributed by atoms with van der Waals surface area (Å²) in [4.78, 5) is 0. The van der Waals surface area contributed by atoms with Gasteiger partial charge in [-0.1, -0.05) is 23.7 Å². The number of para-hydroxylation sites is 1. The maximum atomic E-state index is 6.08. The second kappa shape index (κ2) is 4.52. The van der Waals surface area contributed by atoms with Crippen LogP contribution in [0.4, 0.5) is 0 Å². The zero-order valence-electron chi connectivity index (χ0n) is 9.87. The fourth-order valence-corrected chi connectivity index (χ4v) is 2.15. The van der Waals surface area contributed by atoms with Crippen LogP contribution in [0.3, 0.4) is 0 Å². The van der Waals surface area contributed by atoms with E-state index < -0.39 is 0 Å². The SMILES string of the molecule is CNCc1ccc(-c2cc3cccc(Cl)c3o2)o1. The Morgan fingerprint density at radius 3 is 2.78 bits per heavy atom. The number of nitrogens with one attached hydrogen (secondary N) is 1. The van der Waals surface area contributed by atoms with Crippen molar-refractivity contribution in [2.45, 2.75) is 6.54 Å². The Bertz CT molecular complexity index is 684. The monoisotopic (exact) mass is 261 g/mol. The van der Waals surface area contributed by atoms with Gasteiger partial charge in [-0.2, -0.15) is 0 Å². The molecule has 0 unspecified atom stereocenters. The Morgan fingerprint density at radius 2 is 2.00 bits per heavy atom. The van der Waals surface area contributed by atoms with Crippen LogP contribution in [0.1, 0.15) is 5.76 Å². The maximum Gasteiger partial charge on any atom is 0.170 e. The van der Waals surface area contributed by atoms with Gasteiger partial charge in [0.05, 0.1) is 11.6 Å². The van der Waals surface area contributed by atoms with Gasteiger partial charge in [-0.25, -0.2) is 0 Å². The van der Waals surface area contributed by atoms with Crippen LogP contribution in [-0.4, -0.2) is 7.05 Å². The highest BCUT2D eigenvalue weighted by Crippen LogP contribution is 2.32. The highest BCUT2D eigenvalue weighted by atomic mass is 35.5. The minimum atomic E-state index is 0.612. The van der Waals surface area contributed by atoms with Crippen LogP contribution in [0.15, 0.2) is 45.2 Å². The lowest BCUT2D eigenvalue weighted by atomic mass is 10.2. The van der Waals surface area contributed by atoms with Crippen LogP contribution >= 0.6 is 11.6 Å². The van der Waals surface area contributed by atoms with Gasteiger partial charge >= 0.3 is 0 Å². The molecule has 0 saturated heterocycles. The molecule has 0 spiro atoms. The van der Waals surface area contributed by atoms with Crippen molar-refractivity contribution in [3.63, 3.8) is 0 Å². The van der Waals surface area contributed by atoms with Crippen LogP contribution in [0.2, 0.25) is 5.02 Å². The van der Waals surface area contributed by atoms with E-state index in [9.17, 15) is 0 Å². The molecule has 1 aromatic carbocycles. The number of rotatable bonds is 3. The van der Waals surface area contributed by atoms with Crippen molar-refractivity contribution in [3.05, 3.63) is 47.2 Å². The molecule has 18 heavy (non-hydrogen) atoms. The molecular formula is C14H12ClNO2. The summed E-state index contributed by atoms with van der Waals surface area (Å²) in [5.41, 5.74) is 0.695. The van der Waals surface area contributed by atoms with Crippen molar-refractivity contribution in [2.75, 3.05) is 7.05 Å². The van der Waals surface area contributed by atoms with Crippen molar-refractivity contribution in [2.24, 2.45) is 0 Å². The van der Waals surface area contributed by atoms with Crippen molar-refractivity contribution >= 4 is 22.6 Å². The molecule has 0 atom stereocenters. The summed E-state index contributed by atoms with van der Waals surface area (Å²) >= 11 is 6.08. The summed E-state index contributed by atoms with van der Waals surface area (Å²) in [7, 11) is 1.88. The molecular weight excluding hydrogens is 250 g/mol. The van der Waals surface area contributed by atoms with Gasteiger partial charge in [-0.15, -0.1) is 0 Å². The molecule has 0 radical (unpaired) electrons. The van der Waals surface area contributed by atoms with Crippen molar-refractivity contribution in [1.29, 1.82) is 0 Å². The van der Waals surface area contributed by atoms with Gasteiger partial charge in [0, 0.05) is 5.39 Å². The van der Waals surface area contributed by atoms with Gasteiger partial charge in [-0.3, -0.25) is 0 Å². The fourth-order valence-electron chi connectivity index (χ4n) is 1.93. The summed E-state index contributed by atoms with van der Waals surface area (Å²) in [5, 5.41) is 4.63. The van der Waals surface area contributed by atoms with Crippen LogP contribution in [0.5, 0.6) is 0 Å². The molecule has 2 heterocycles. The quantitative estimate of drug-likeness (QED) is 0.772. The summed E-state index contributed by atoms with van der Waals surface area (Å²) < 4.78 is 11.4.